The van der Waals surface area contributed by atoms with Gasteiger partial charge in [0.2, 0.25) is 5.91 Å². The first-order valence-electron chi connectivity index (χ1n) is 8.91. The average Bonchev–Trinajstić information content (AvgIpc) is 3.26. The summed E-state index contributed by atoms with van der Waals surface area (Å²) in [5.41, 5.74) is 2.03. The summed E-state index contributed by atoms with van der Waals surface area (Å²) in [6, 6.07) is 6.11. The number of epoxide rings is 1. The molecule has 1 unspecified atom stereocenters. The molecule has 8 heteroatoms. The first-order chi connectivity index (χ1) is 14.0. The number of nitrogens with zero attached hydrogens (tertiary/aromatic N) is 2. The SMILES string of the molecule is C=CCC12CC=CC(/C=C/C(=O)Nc3nc(-c4ccc([N+](=O)[O-])cc4)cs3)=C1O2. The van der Waals surface area contributed by atoms with E-state index in [-0.39, 0.29) is 17.2 Å². The van der Waals surface area contributed by atoms with E-state index in [9.17, 15) is 14.9 Å². The lowest BCUT2D eigenvalue weighted by Crippen LogP contribution is -2.10. The standard InChI is InChI=1S/C21H17N3O4S/c1-2-11-21-12-3-4-15(19(21)28-21)7-10-18(25)23-20-22-17(13-29-20)14-5-8-16(9-6-14)24(26)27/h2-10,13H,1,11-12H2,(H,22,23,25)/b10-7+. The molecular weight excluding hydrogens is 390 g/mol. The lowest BCUT2D eigenvalue weighted by Gasteiger charge is -2.06. The molecule has 1 fully saturated rings. The molecule has 2 heterocycles. The Labute approximate surface area is 170 Å². The van der Waals surface area contributed by atoms with Gasteiger partial charge in [0.1, 0.15) is 5.76 Å². The monoisotopic (exact) mass is 407 g/mol. The van der Waals surface area contributed by atoms with Crippen molar-refractivity contribution in [2.45, 2.75) is 18.4 Å². The van der Waals surface area contributed by atoms with Gasteiger partial charge in [0.25, 0.3) is 5.69 Å². The number of anilines is 1. The summed E-state index contributed by atoms with van der Waals surface area (Å²) in [6.07, 6.45) is 10.6. The van der Waals surface area contributed by atoms with Crippen LogP contribution in [0.5, 0.6) is 0 Å². The van der Waals surface area contributed by atoms with Crippen molar-refractivity contribution in [2.24, 2.45) is 0 Å². The predicted molar refractivity (Wildman–Crippen MR) is 111 cm³/mol. The second kappa shape index (κ2) is 7.48. The van der Waals surface area contributed by atoms with Crippen LogP contribution in [-0.4, -0.2) is 21.4 Å². The normalized spacial score (nSPS) is 19.6. The average molecular weight is 407 g/mol. The van der Waals surface area contributed by atoms with E-state index in [0.29, 0.717) is 10.8 Å². The van der Waals surface area contributed by atoms with Crippen LogP contribution < -0.4 is 5.32 Å². The van der Waals surface area contributed by atoms with Gasteiger partial charge in [0, 0.05) is 47.6 Å². The molecule has 2 aromatic rings. The Hall–Kier alpha value is -3.52. The molecule has 1 atom stereocenters. The lowest BCUT2D eigenvalue weighted by molar-refractivity contribution is -0.384. The minimum atomic E-state index is -0.450. The number of hydrogen-bond acceptors (Lipinski definition) is 6. The maximum atomic E-state index is 12.2. The summed E-state index contributed by atoms with van der Waals surface area (Å²) in [5.74, 6) is 0.607. The number of hydrogen-bond donors (Lipinski definition) is 1. The Morgan fingerprint density at radius 2 is 2.21 bits per heavy atom. The van der Waals surface area contributed by atoms with Crippen LogP contribution in [0.3, 0.4) is 0 Å². The molecule has 4 rings (SSSR count). The van der Waals surface area contributed by atoms with E-state index in [0.717, 1.165) is 29.7 Å². The van der Waals surface area contributed by atoms with Crippen LogP contribution in [0.1, 0.15) is 12.8 Å². The molecule has 1 N–H and O–H groups in total. The molecule has 0 spiro atoms. The first kappa shape index (κ1) is 18.8. The van der Waals surface area contributed by atoms with Crippen molar-refractivity contribution in [1.82, 2.24) is 4.98 Å². The molecule has 0 bridgehead atoms. The van der Waals surface area contributed by atoms with Crippen LogP contribution in [0.15, 0.2) is 77.9 Å². The number of thiazole rings is 1. The Kier molecular flexibility index (Phi) is 4.85. The molecule has 1 aliphatic heterocycles. The van der Waals surface area contributed by atoms with E-state index in [4.69, 9.17) is 4.74 Å². The highest BCUT2D eigenvalue weighted by Crippen LogP contribution is 2.51. The molecule has 7 nitrogen and oxygen atoms in total. The first-order valence-corrected chi connectivity index (χ1v) is 9.79. The number of nitro benzene ring substituents is 1. The zero-order chi connectivity index (χ0) is 20.4. The van der Waals surface area contributed by atoms with E-state index in [1.54, 1.807) is 23.6 Å². The van der Waals surface area contributed by atoms with E-state index in [1.165, 1.54) is 29.5 Å². The van der Waals surface area contributed by atoms with Crippen LogP contribution >= 0.6 is 11.3 Å². The topological polar surface area (TPSA) is 97.7 Å². The Morgan fingerprint density at radius 1 is 1.41 bits per heavy atom. The summed E-state index contributed by atoms with van der Waals surface area (Å²) in [7, 11) is 0. The van der Waals surface area contributed by atoms with Gasteiger partial charge in [-0.25, -0.2) is 4.98 Å². The molecule has 0 saturated carbocycles. The van der Waals surface area contributed by atoms with Gasteiger partial charge in [-0.05, 0) is 18.2 Å². The molecule has 1 amide bonds. The number of nitro groups is 1. The van der Waals surface area contributed by atoms with Crippen LogP contribution in [0.2, 0.25) is 0 Å². The zero-order valence-electron chi connectivity index (χ0n) is 15.3. The van der Waals surface area contributed by atoms with E-state index < -0.39 is 4.92 Å². The summed E-state index contributed by atoms with van der Waals surface area (Å²) in [5, 5.41) is 15.7. The molecule has 1 saturated heterocycles. The Bertz CT molecular complexity index is 1080. The maximum absolute atomic E-state index is 12.2. The Balaban J connectivity index is 1.40. The fraction of sp³-hybridized carbons (Fsp3) is 0.143. The summed E-state index contributed by atoms with van der Waals surface area (Å²) < 4.78 is 5.76. The molecule has 2 aliphatic rings. The molecule has 1 aromatic heterocycles. The maximum Gasteiger partial charge on any atom is 0.269 e. The second-order valence-electron chi connectivity index (χ2n) is 6.64. The van der Waals surface area contributed by atoms with E-state index in [2.05, 4.69) is 16.9 Å². The van der Waals surface area contributed by atoms with Crippen molar-refractivity contribution in [3.05, 3.63) is 88.1 Å². The number of rotatable bonds is 7. The number of amides is 1. The van der Waals surface area contributed by atoms with Gasteiger partial charge in [-0.3, -0.25) is 20.2 Å². The van der Waals surface area contributed by atoms with Crippen LogP contribution in [0.4, 0.5) is 10.8 Å². The van der Waals surface area contributed by atoms with E-state index in [1.807, 2.05) is 18.2 Å². The number of allylic oxidation sites excluding steroid dienone is 3. The van der Waals surface area contributed by atoms with Gasteiger partial charge in [0.05, 0.1) is 10.6 Å². The van der Waals surface area contributed by atoms with Crippen molar-refractivity contribution >= 4 is 28.1 Å². The van der Waals surface area contributed by atoms with Crippen LogP contribution in [-0.2, 0) is 9.53 Å². The predicted octanol–water partition coefficient (Wildman–Crippen LogP) is 4.77. The number of aromatic nitrogens is 1. The third-order valence-electron chi connectivity index (χ3n) is 4.67. The number of non-ortho nitro benzene ring substituents is 1. The van der Waals surface area contributed by atoms with Gasteiger partial charge in [-0.15, -0.1) is 17.9 Å². The minimum Gasteiger partial charge on any atom is -0.478 e. The lowest BCUT2D eigenvalue weighted by atomic mass is 9.93. The summed E-state index contributed by atoms with van der Waals surface area (Å²) in [4.78, 5) is 26.9. The van der Waals surface area contributed by atoms with E-state index >= 15 is 0 Å². The molecular formula is C21H17N3O4S. The number of carbonyl (C=O) groups excluding carboxylic acids is 1. The molecule has 1 aromatic carbocycles. The van der Waals surface area contributed by atoms with Gasteiger partial charge in [-0.1, -0.05) is 18.2 Å². The van der Waals surface area contributed by atoms with Gasteiger partial charge < -0.3 is 4.74 Å². The van der Waals surface area contributed by atoms with Gasteiger partial charge in [-0.2, -0.15) is 0 Å². The van der Waals surface area contributed by atoms with Crippen molar-refractivity contribution < 1.29 is 14.5 Å². The summed E-state index contributed by atoms with van der Waals surface area (Å²) in [6.45, 7) is 3.76. The molecule has 146 valence electrons. The zero-order valence-corrected chi connectivity index (χ0v) is 16.1. The van der Waals surface area contributed by atoms with Gasteiger partial charge >= 0.3 is 0 Å². The third kappa shape index (κ3) is 3.88. The number of nitrogens with one attached hydrogen (secondary N) is 1. The second-order valence-corrected chi connectivity index (χ2v) is 7.50. The minimum absolute atomic E-state index is 0.0199. The van der Waals surface area contributed by atoms with Crippen molar-refractivity contribution in [3.8, 4) is 11.3 Å². The fourth-order valence-corrected chi connectivity index (χ4v) is 3.91. The van der Waals surface area contributed by atoms with Gasteiger partial charge in [0.15, 0.2) is 10.7 Å². The quantitative estimate of drug-likeness (QED) is 0.234. The molecule has 0 radical (unpaired) electrons. The third-order valence-corrected chi connectivity index (χ3v) is 5.43. The highest BCUT2D eigenvalue weighted by atomic mass is 32.1. The smallest absolute Gasteiger partial charge is 0.269 e. The van der Waals surface area contributed by atoms with Crippen molar-refractivity contribution in [2.75, 3.05) is 5.32 Å². The van der Waals surface area contributed by atoms with Crippen molar-refractivity contribution in [3.63, 3.8) is 0 Å². The number of benzene rings is 1. The number of fused-ring (bicyclic) bond motifs is 1. The number of ether oxygens (including phenoxy) is 1. The highest BCUT2D eigenvalue weighted by Gasteiger charge is 2.53. The molecule has 29 heavy (non-hydrogen) atoms. The molecule has 1 aliphatic carbocycles. The van der Waals surface area contributed by atoms with Crippen LogP contribution in [0.25, 0.3) is 11.3 Å². The summed E-state index contributed by atoms with van der Waals surface area (Å²) >= 11 is 1.29. The van der Waals surface area contributed by atoms with Crippen LogP contribution in [0, 0.1) is 10.1 Å². The largest absolute Gasteiger partial charge is 0.478 e. The highest BCUT2D eigenvalue weighted by molar-refractivity contribution is 7.14. The van der Waals surface area contributed by atoms with Crippen molar-refractivity contribution in [1.29, 1.82) is 0 Å². The number of carbonyl (C=O) groups is 1. The Morgan fingerprint density at radius 3 is 2.93 bits per heavy atom. The fourth-order valence-electron chi connectivity index (χ4n) is 3.19.